The lowest BCUT2D eigenvalue weighted by Gasteiger charge is -2.19. The fourth-order valence-electron chi connectivity index (χ4n) is 2.75. The molecule has 0 radical (unpaired) electrons. The lowest BCUT2D eigenvalue weighted by Crippen LogP contribution is -2.27. The van der Waals surface area contributed by atoms with Crippen LogP contribution in [0.15, 0.2) is 36.4 Å². The highest BCUT2D eigenvalue weighted by atomic mass is 16.5. The number of ether oxygens (including phenoxy) is 2. The van der Waals surface area contributed by atoms with Gasteiger partial charge in [0.2, 0.25) is 0 Å². The fourth-order valence-corrected chi connectivity index (χ4v) is 2.75. The molecule has 132 valence electrons. The summed E-state index contributed by atoms with van der Waals surface area (Å²) in [6.45, 7) is 0.251. The number of benzene rings is 2. The zero-order chi connectivity index (χ0) is 18.1. The van der Waals surface area contributed by atoms with Gasteiger partial charge in [-0.05, 0) is 35.9 Å². The molecule has 0 aliphatic carbocycles. The zero-order valence-electron chi connectivity index (χ0n) is 13.6. The molecular weight excluding hydrogens is 338 g/mol. The van der Waals surface area contributed by atoms with Gasteiger partial charge in [0.25, 0.3) is 17.7 Å². The minimum atomic E-state index is -0.286. The number of nitrogens with one attached hydrogen (secondary N) is 3. The van der Waals surface area contributed by atoms with Crippen LogP contribution in [0.4, 0.5) is 11.4 Å². The van der Waals surface area contributed by atoms with E-state index in [2.05, 4.69) is 16.0 Å². The van der Waals surface area contributed by atoms with Crippen molar-refractivity contribution in [2.75, 3.05) is 23.8 Å². The Morgan fingerprint density at radius 3 is 2.23 bits per heavy atom. The van der Waals surface area contributed by atoms with Gasteiger partial charge in [-0.3, -0.25) is 14.4 Å². The van der Waals surface area contributed by atoms with Crippen molar-refractivity contribution in [3.63, 3.8) is 0 Å². The van der Waals surface area contributed by atoms with Gasteiger partial charge in [-0.2, -0.15) is 0 Å². The van der Waals surface area contributed by atoms with Crippen LogP contribution < -0.4 is 25.4 Å². The standard InChI is InChI=1S/C18H15N3O5/c22-16-8-25-14-3-1-10(5-12(14)20-16)7-19-18(24)11-2-4-15-13(6-11)21-17(23)9-26-15/h1-6H,7-9H2,(H,19,24)(H,20,22)(H,21,23). The summed E-state index contributed by atoms with van der Waals surface area (Å²) in [5, 5.41) is 8.20. The van der Waals surface area contributed by atoms with Gasteiger partial charge in [-0.25, -0.2) is 0 Å². The molecule has 2 aromatic carbocycles. The first-order chi connectivity index (χ1) is 12.6. The molecule has 2 aromatic rings. The molecule has 3 amide bonds. The predicted molar refractivity (Wildman–Crippen MR) is 92.3 cm³/mol. The number of fused-ring (bicyclic) bond motifs is 2. The van der Waals surface area contributed by atoms with Gasteiger partial charge in [0.1, 0.15) is 11.5 Å². The topological polar surface area (TPSA) is 106 Å². The Labute approximate surface area is 148 Å². The Morgan fingerprint density at radius 2 is 1.54 bits per heavy atom. The van der Waals surface area contributed by atoms with E-state index in [-0.39, 0.29) is 37.5 Å². The molecule has 0 spiro atoms. The van der Waals surface area contributed by atoms with Crippen LogP contribution in [0.25, 0.3) is 0 Å². The molecule has 0 saturated carbocycles. The lowest BCUT2D eigenvalue weighted by molar-refractivity contribution is -0.119. The average Bonchev–Trinajstić information content (AvgIpc) is 2.65. The third kappa shape index (κ3) is 3.16. The smallest absolute Gasteiger partial charge is 0.262 e. The normalized spacial score (nSPS) is 14.8. The number of hydrogen-bond donors (Lipinski definition) is 3. The van der Waals surface area contributed by atoms with Crippen molar-refractivity contribution in [1.29, 1.82) is 0 Å². The van der Waals surface area contributed by atoms with E-state index in [0.29, 0.717) is 28.4 Å². The maximum atomic E-state index is 12.4. The highest BCUT2D eigenvalue weighted by Gasteiger charge is 2.18. The fraction of sp³-hybridized carbons (Fsp3) is 0.167. The molecule has 0 bridgehead atoms. The zero-order valence-corrected chi connectivity index (χ0v) is 13.6. The maximum Gasteiger partial charge on any atom is 0.262 e. The predicted octanol–water partition coefficient (Wildman–Crippen LogP) is 1.28. The Hall–Kier alpha value is -3.55. The highest BCUT2D eigenvalue weighted by Crippen LogP contribution is 2.29. The van der Waals surface area contributed by atoms with E-state index in [9.17, 15) is 14.4 Å². The van der Waals surface area contributed by atoms with Gasteiger partial charge >= 0.3 is 0 Å². The van der Waals surface area contributed by atoms with E-state index < -0.39 is 0 Å². The van der Waals surface area contributed by atoms with Crippen LogP contribution in [0.2, 0.25) is 0 Å². The number of anilines is 2. The van der Waals surface area contributed by atoms with Gasteiger partial charge in [-0.1, -0.05) is 6.07 Å². The Balaban J connectivity index is 1.44. The first-order valence-electron chi connectivity index (χ1n) is 7.99. The maximum absolute atomic E-state index is 12.4. The molecule has 8 heteroatoms. The second kappa shape index (κ2) is 6.40. The van der Waals surface area contributed by atoms with Crippen molar-refractivity contribution in [2.24, 2.45) is 0 Å². The van der Waals surface area contributed by atoms with Gasteiger partial charge < -0.3 is 25.4 Å². The third-order valence-corrected chi connectivity index (χ3v) is 4.00. The van der Waals surface area contributed by atoms with Crippen LogP contribution in [0.1, 0.15) is 15.9 Å². The van der Waals surface area contributed by atoms with Gasteiger partial charge in [-0.15, -0.1) is 0 Å². The van der Waals surface area contributed by atoms with Crippen molar-refractivity contribution in [3.8, 4) is 11.5 Å². The van der Waals surface area contributed by atoms with Gasteiger partial charge in [0.15, 0.2) is 13.2 Å². The summed E-state index contributed by atoms with van der Waals surface area (Å²) < 4.78 is 10.6. The molecule has 2 aliphatic rings. The molecule has 3 N–H and O–H groups in total. The van der Waals surface area contributed by atoms with Gasteiger partial charge in [0, 0.05) is 12.1 Å². The highest BCUT2D eigenvalue weighted by molar-refractivity contribution is 6.00. The van der Waals surface area contributed by atoms with Crippen LogP contribution in [-0.4, -0.2) is 30.9 Å². The minimum absolute atomic E-state index is 0.00165. The Morgan fingerprint density at radius 1 is 0.923 bits per heavy atom. The largest absolute Gasteiger partial charge is 0.482 e. The first kappa shape index (κ1) is 15.9. The molecule has 2 aliphatic heterocycles. The molecule has 26 heavy (non-hydrogen) atoms. The monoisotopic (exact) mass is 353 g/mol. The molecule has 0 saturated heterocycles. The third-order valence-electron chi connectivity index (χ3n) is 4.00. The molecule has 8 nitrogen and oxygen atoms in total. The second-order valence-corrected chi connectivity index (χ2v) is 5.90. The summed E-state index contributed by atoms with van der Waals surface area (Å²) in [5.74, 6) is 0.382. The quantitative estimate of drug-likeness (QED) is 0.771. The molecule has 2 heterocycles. The van der Waals surface area contributed by atoms with Crippen molar-refractivity contribution < 1.29 is 23.9 Å². The van der Waals surface area contributed by atoms with Crippen molar-refractivity contribution in [2.45, 2.75) is 6.54 Å². The minimum Gasteiger partial charge on any atom is -0.482 e. The van der Waals surface area contributed by atoms with E-state index in [1.54, 1.807) is 30.3 Å². The molecule has 0 unspecified atom stereocenters. The van der Waals surface area contributed by atoms with Crippen LogP contribution in [-0.2, 0) is 16.1 Å². The molecule has 4 rings (SSSR count). The summed E-state index contributed by atoms with van der Waals surface area (Å²) in [5.41, 5.74) is 2.28. The second-order valence-electron chi connectivity index (χ2n) is 5.90. The van der Waals surface area contributed by atoms with Crippen molar-refractivity contribution in [3.05, 3.63) is 47.5 Å². The number of amides is 3. The summed E-state index contributed by atoms with van der Waals surface area (Å²) in [4.78, 5) is 35.1. The van der Waals surface area contributed by atoms with Crippen LogP contribution >= 0.6 is 0 Å². The molecular formula is C18H15N3O5. The van der Waals surface area contributed by atoms with Gasteiger partial charge in [0.05, 0.1) is 11.4 Å². The van der Waals surface area contributed by atoms with Crippen molar-refractivity contribution in [1.82, 2.24) is 5.32 Å². The summed E-state index contributed by atoms with van der Waals surface area (Å²) in [6, 6.07) is 10.2. The number of carbonyl (C=O) groups is 3. The van der Waals surface area contributed by atoms with Crippen LogP contribution in [0, 0.1) is 0 Å². The average molecular weight is 353 g/mol. The van der Waals surface area contributed by atoms with E-state index in [1.807, 2.05) is 6.07 Å². The number of hydrogen-bond acceptors (Lipinski definition) is 5. The Kier molecular flexibility index (Phi) is 3.92. The lowest BCUT2D eigenvalue weighted by atomic mass is 10.1. The summed E-state index contributed by atoms with van der Waals surface area (Å²) in [7, 11) is 0. The van der Waals surface area contributed by atoms with Crippen LogP contribution in [0.5, 0.6) is 11.5 Å². The van der Waals surface area contributed by atoms with Crippen LogP contribution in [0.3, 0.4) is 0 Å². The number of rotatable bonds is 3. The summed E-state index contributed by atoms with van der Waals surface area (Å²) in [6.07, 6.45) is 0. The Bertz CT molecular complexity index is 925. The van der Waals surface area contributed by atoms with E-state index in [1.165, 1.54) is 0 Å². The SMILES string of the molecule is O=C1COc2ccc(CNC(=O)c3ccc4c(c3)NC(=O)CO4)cc2N1. The number of carbonyl (C=O) groups excluding carboxylic acids is 3. The molecule has 0 atom stereocenters. The molecule has 0 aromatic heterocycles. The van der Waals surface area contributed by atoms with Crippen molar-refractivity contribution >= 4 is 29.1 Å². The van der Waals surface area contributed by atoms with E-state index in [4.69, 9.17) is 9.47 Å². The van der Waals surface area contributed by atoms with E-state index >= 15 is 0 Å². The first-order valence-corrected chi connectivity index (χ1v) is 7.99. The summed E-state index contributed by atoms with van der Waals surface area (Å²) >= 11 is 0. The van der Waals surface area contributed by atoms with E-state index in [0.717, 1.165) is 5.56 Å². The molecule has 0 fully saturated rings.